The van der Waals surface area contributed by atoms with Gasteiger partial charge in [0.15, 0.2) is 0 Å². The lowest BCUT2D eigenvalue weighted by atomic mass is 9.98. The zero-order chi connectivity index (χ0) is 31.7. The van der Waals surface area contributed by atoms with E-state index in [2.05, 4.69) is 26.2 Å². The van der Waals surface area contributed by atoms with Crippen LogP contribution in [-0.4, -0.2) is 116 Å². The molecule has 13 nitrogen and oxygen atoms in total. The quantitative estimate of drug-likeness (QED) is 0.364. The van der Waals surface area contributed by atoms with Gasteiger partial charge < -0.3 is 35.6 Å². The van der Waals surface area contributed by atoms with Gasteiger partial charge in [-0.05, 0) is 38.8 Å². The SMILES string of the molecule is COCCN1CCN(C(=O)[C@@H]2CC(=O)NC(C)(C)C(=O)N[C@H](C(C)C)C(=O)N[C@@H](C)COc3ccccc3C(=O)N2)CC1. The molecule has 1 fully saturated rings. The molecule has 4 N–H and O–H groups in total. The van der Waals surface area contributed by atoms with Crippen molar-refractivity contribution in [2.24, 2.45) is 5.92 Å². The number of carbonyl (C=O) groups is 5. The minimum atomic E-state index is -1.41. The highest BCUT2D eigenvalue weighted by atomic mass is 16.5. The van der Waals surface area contributed by atoms with E-state index in [0.29, 0.717) is 32.8 Å². The number of nitrogens with one attached hydrogen (secondary N) is 4. The molecule has 2 heterocycles. The summed E-state index contributed by atoms with van der Waals surface area (Å²) in [5.41, 5.74) is -1.23. The predicted molar refractivity (Wildman–Crippen MR) is 159 cm³/mol. The molecule has 3 rings (SSSR count). The Kier molecular flexibility index (Phi) is 11.9. The Labute approximate surface area is 253 Å². The Morgan fingerprint density at radius 2 is 1.72 bits per heavy atom. The first-order valence-corrected chi connectivity index (χ1v) is 14.8. The lowest BCUT2D eigenvalue weighted by Crippen LogP contribution is -2.61. The van der Waals surface area contributed by atoms with Crippen molar-refractivity contribution in [3.05, 3.63) is 29.8 Å². The molecule has 0 aromatic heterocycles. The molecule has 2 aliphatic heterocycles. The van der Waals surface area contributed by atoms with Crippen molar-refractivity contribution in [1.29, 1.82) is 0 Å². The Morgan fingerprint density at radius 3 is 2.37 bits per heavy atom. The van der Waals surface area contributed by atoms with Crippen LogP contribution < -0.4 is 26.0 Å². The molecule has 1 saturated heterocycles. The molecule has 5 amide bonds. The van der Waals surface area contributed by atoms with Crippen molar-refractivity contribution in [3.63, 3.8) is 0 Å². The molecule has 13 heteroatoms. The first kappa shape index (κ1) is 33.8. The highest BCUT2D eigenvalue weighted by Crippen LogP contribution is 2.19. The van der Waals surface area contributed by atoms with Gasteiger partial charge in [0.1, 0.15) is 30.0 Å². The second-order valence-corrected chi connectivity index (χ2v) is 12.0. The third kappa shape index (κ3) is 9.39. The molecule has 0 unspecified atom stereocenters. The van der Waals surface area contributed by atoms with Gasteiger partial charge >= 0.3 is 0 Å². The van der Waals surface area contributed by atoms with Crippen LogP contribution in [0.25, 0.3) is 0 Å². The van der Waals surface area contributed by atoms with Crippen LogP contribution in [0.5, 0.6) is 5.75 Å². The number of carbonyl (C=O) groups excluding carboxylic acids is 5. The highest BCUT2D eigenvalue weighted by molar-refractivity contribution is 6.01. The van der Waals surface area contributed by atoms with Gasteiger partial charge in [-0.25, -0.2) is 0 Å². The summed E-state index contributed by atoms with van der Waals surface area (Å²) < 4.78 is 11.1. The summed E-state index contributed by atoms with van der Waals surface area (Å²) in [6.45, 7) is 11.9. The van der Waals surface area contributed by atoms with Gasteiger partial charge in [0.2, 0.25) is 23.6 Å². The van der Waals surface area contributed by atoms with Crippen LogP contribution in [0.15, 0.2) is 24.3 Å². The molecule has 2 aliphatic rings. The van der Waals surface area contributed by atoms with Crippen LogP contribution in [0, 0.1) is 5.92 Å². The molecule has 1 aromatic rings. The van der Waals surface area contributed by atoms with Crippen molar-refractivity contribution < 1.29 is 33.4 Å². The number of fused-ring (bicyclic) bond motifs is 1. The third-order valence-corrected chi connectivity index (χ3v) is 7.55. The van der Waals surface area contributed by atoms with Gasteiger partial charge in [-0.15, -0.1) is 0 Å². The molecule has 43 heavy (non-hydrogen) atoms. The van der Waals surface area contributed by atoms with Crippen molar-refractivity contribution in [3.8, 4) is 5.75 Å². The Balaban J connectivity index is 1.90. The van der Waals surface area contributed by atoms with E-state index in [1.54, 1.807) is 57.0 Å². The van der Waals surface area contributed by atoms with E-state index in [9.17, 15) is 24.0 Å². The fourth-order valence-corrected chi connectivity index (χ4v) is 4.94. The number of methoxy groups -OCH3 is 1. The van der Waals surface area contributed by atoms with Crippen LogP contribution in [0.3, 0.4) is 0 Å². The first-order valence-electron chi connectivity index (χ1n) is 14.8. The van der Waals surface area contributed by atoms with Crippen LogP contribution in [0.2, 0.25) is 0 Å². The topological polar surface area (TPSA) is 158 Å². The molecule has 0 spiro atoms. The average Bonchev–Trinajstić information content (AvgIpc) is 2.96. The minimum absolute atomic E-state index is 0.0516. The number of benzene rings is 1. The zero-order valence-corrected chi connectivity index (χ0v) is 26.0. The normalized spacial score (nSPS) is 24.5. The van der Waals surface area contributed by atoms with E-state index in [-0.39, 0.29) is 30.3 Å². The Bertz CT molecular complexity index is 1170. The summed E-state index contributed by atoms with van der Waals surface area (Å²) in [6.07, 6.45) is -0.390. The summed E-state index contributed by atoms with van der Waals surface area (Å²) in [7, 11) is 1.64. The standard InChI is InChI=1S/C30H46N6O7/c1-19(2)25-27(39)31-20(3)18-43-23-10-8-7-9-21(23)26(38)32-22(17-24(37)34-30(4,5)29(41)33-25)28(40)36-13-11-35(12-14-36)15-16-42-6/h7-10,19-20,22,25H,11-18H2,1-6H3,(H,31,39)(H,32,38)(H,33,41)(H,34,37)/t20-,22-,25+/m0/s1. The van der Waals surface area contributed by atoms with E-state index in [1.165, 1.54) is 13.8 Å². The second-order valence-electron chi connectivity index (χ2n) is 12.0. The first-order chi connectivity index (χ1) is 20.3. The maximum absolute atomic E-state index is 13.7. The monoisotopic (exact) mass is 602 g/mol. The number of amides is 5. The van der Waals surface area contributed by atoms with Gasteiger partial charge in [0.05, 0.1) is 24.6 Å². The predicted octanol–water partition coefficient (Wildman–Crippen LogP) is -0.102. The summed E-state index contributed by atoms with van der Waals surface area (Å²) >= 11 is 0. The molecule has 0 radical (unpaired) electrons. The molecule has 0 saturated carbocycles. The summed E-state index contributed by atoms with van der Waals surface area (Å²) in [5.74, 6) is -2.52. The van der Waals surface area contributed by atoms with E-state index in [1.807, 2.05) is 0 Å². The van der Waals surface area contributed by atoms with E-state index in [0.717, 1.165) is 6.54 Å². The molecule has 0 bridgehead atoms. The number of piperazine rings is 1. The van der Waals surface area contributed by atoms with E-state index in [4.69, 9.17) is 9.47 Å². The Morgan fingerprint density at radius 1 is 1.05 bits per heavy atom. The molecule has 3 atom stereocenters. The number of ether oxygens (including phenoxy) is 2. The summed E-state index contributed by atoms with van der Waals surface area (Å²) in [4.78, 5) is 70.7. The summed E-state index contributed by atoms with van der Waals surface area (Å²) in [6, 6.07) is 4.07. The van der Waals surface area contributed by atoms with Gasteiger partial charge in [-0.2, -0.15) is 0 Å². The minimum Gasteiger partial charge on any atom is -0.491 e. The third-order valence-electron chi connectivity index (χ3n) is 7.55. The van der Waals surface area contributed by atoms with Crippen molar-refractivity contribution in [2.75, 3.05) is 53.0 Å². The van der Waals surface area contributed by atoms with Gasteiger partial charge in [0.25, 0.3) is 5.91 Å². The number of rotatable bonds is 5. The zero-order valence-electron chi connectivity index (χ0n) is 26.0. The largest absolute Gasteiger partial charge is 0.491 e. The lowest BCUT2D eigenvalue weighted by Gasteiger charge is -2.36. The maximum atomic E-state index is 13.7. The molecule has 0 aliphatic carbocycles. The molecular formula is C30H46N6O7. The maximum Gasteiger partial charge on any atom is 0.255 e. The van der Waals surface area contributed by atoms with Crippen LogP contribution in [0.4, 0.5) is 0 Å². The van der Waals surface area contributed by atoms with E-state index < -0.39 is 53.2 Å². The van der Waals surface area contributed by atoms with Crippen molar-refractivity contribution in [1.82, 2.24) is 31.1 Å². The molecule has 238 valence electrons. The van der Waals surface area contributed by atoms with Gasteiger partial charge in [0, 0.05) is 39.8 Å². The Hall–Kier alpha value is -3.71. The van der Waals surface area contributed by atoms with E-state index >= 15 is 0 Å². The van der Waals surface area contributed by atoms with Gasteiger partial charge in [-0.1, -0.05) is 26.0 Å². The van der Waals surface area contributed by atoms with Crippen LogP contribution >= 0.6 is 0 Å². The molecular weight excluding hydrogens is 556 g/mol. The highest BCUT2D eigenvalue weighted by Gasteiger charge is 2.37. The van der Waals surface area contributed by atoms with Crippen molar-refractivity contribution in [2.45, 2.75) is 64.7 Å². The lowest BCUT2D eigenvalue weighted by molar-refractivity contribution is -0.139. The average molecular weight is 603 g/mol. The van der Waals surface area contributed by atoms with Crippen molar-refractivity contribution >= 4 is 29.5 Å². The number of hydrogen-bond acceptors (Lipinski definition) is 8. The van der Waals surface area contributed by atoms with Crippen LogP contribution in [0.1, 0.15) is 51.4 Å². The smallest absolute Gasteiger partial charge is 0.255 e. The number of hydrogen-bond donors (Lipinski definition) is 4. The fraction of sp³-hybridized carbons (Fsp3) is 0.633. The second kappa shape index (κ2) is 15.1. The molecule has 1 aromatic carbocycles. The number of nitrogens with zero attached hydrogens (tertiary/aromatic N) is 2. The summed E-state index contributed by atoms with van der Waals surface area (Å²) in [5, 5.41) is 11.0. The van der Waals surface area contributed by atoms with Crippen LogP contribution in [-0.2, 0) is 23.9 Å². The van der Waals surface area contributed by atoms with Gasteiger partial charge in [-0.3, -0.25) is 28.9 Å². The number of para-hydroxylation sites is 1. The fourth-order valence-electron chi connectivity index (χ4n) is 4.94.